The number of aromatic nitrogens is 4. The van der Waals surface area contributed by atoms with Gasteiger partial charge in [-0.05, 0) is 49.6 Å². The molecule has 0 bridgehead atoms. The molecular formula is C27H37ClN8O2S. The van der Waals surface area contributed by atoms with Gasteiger partial charge >= 0.3 is 0 Å². The zero-order valence-electron chi connectivity index (χ0n) is 22.8. The second-order valence-electron chi connectivity index (χ2n) is 10.5. The molecule has 1 N–H and O–H groups in total. The number of piperidine rings is 1. The minimum absolute atomic E-state index is 0.120. The Kier molecular flexibility index (Phi) is 8.53. The number of nitrogens with one attached hydrogen (secondary N) is 1. The first-order valence-corrected chi connectivity index (χ1v) is 15.8. The molecule has 3 aromatic rings. The van der Waals surface area contributed by atoms with E-state index in [0.717, 1.165) is 61.8 Å². The number of aryl methyl sites for hydroxylation is 1. The van der Waals surface area contributed by atoms with Crippen molar-refractivity contribution in [3.8, 4) is 16.9 Å². The number of nitrogens with zero attached hydrogens (tertiary/aromatic N) is 7. The van der Waals surface area contributed by atoms with Crippen molar-refractivity contribution in [3.63, 3.8) is 0 Å². The number of rotatable bonds is 8. The van der Waals surface area contributed by atoms with Gasteiger partial charge < -0.3 is 10.2 Å². The molecule has 0 aliphatic carbocycles. The third kappa shape index (κ3) is 6.78. The van der Waals surface area contributed by atoms with Crippen LogP contribution in [0.4, 0.5) is 5.95 Å². The standard InChI is InChI=1S/C27H37ClN8O2S/c1-4-33-11-13-34(14-12-33)18-21-5-6-25(24(28)15-21)36-19-22(17-30-36)26-20(2)16-29-27(32-26)31-23-7-9-35(10-8-23)39(3,37)38/h5-6,15-17,19,23H,4,7-14,18H2,1-3H3,(H,29,31,32). The van der Waals surface area contributed by atoms with E-state index in [-0.39, 0.29) is 6.04 Å². The highest BCUT2D eigenvalue weighted by molar-refractivity contribution is 7.88. The fourth-order valence-corrected chi connectivity index (χ4v) is 6.42. The van der Waals surface area contributed by atoms with Crippen LogP contribution in [0.5, 0.6) is 0 Å². The maximum atomic E-state index is 11.8. The molecule has 0 spiro atoms. The normalized spacial score (nSPS) is 18.5. The van der Waals surface area contributed by atoms with Crippen LogP contribution >= 0.6 is 11.6 Å². The number of likely N-dealkylation sites (N-methyl/N-ethyl adjacent to an activating group) is 1. The second-order valence-corrected chi connectivity index (χ2v) is 12.9. The van der Waals surface area contributed by atoms with Gasteiger partial charge in [0.15, 0.2) is 0 Å². The third-order valence-electron chi connectivity index (χ3n) is 7.66. The number of hydrogen-bond donors (Lipinski definition) is 1. The molecule has 2 aliphatic heterocycles. The zero-order chi connectivity index (χ0) is 27.6. The first-order valence-electron chi connectivity index (χ1n) is 13.5. The minimum Gasteiger partial charge on any atom is -0.351 e. The third-order valence-corrected chi connectivity index (χ3v) is 9.27. The minimum atomic E-state index is -3.15. The molecule has 2 aromatic heterocycles. The Bertz CT molecular complexity index is 1400. The zero-order valence-corrected chi connectivity index (χ0v) is 24.4. The number of sulfonamides is 1. The van der Waals surface area contributed by atoms with Crippen molar-refractivity contribution < 1.29 is 8.42 Å². The van der Waals surface area contributed by atoms with Crippen LogP contribution in [0.3, 0.4) is 0 Å². The molecule has 1 aromatic carbocycles. The Morgan fingerprint density at radius 2 is 1.77 bits per heavy atom. The molecule has 0 atom stereocenters. The molecule has 0 radical (unpaired) electrons. The molecule has 4 heterocycles. The van der Waals surface area contributed by atoms with Gasteiger partial charge in [0.2, 0.25) is 16.0 Å². The summed E-state index contributed by atoms with van der Waals surface area (Å²) in [7, 11) is -3.15. The lowest BCUT2D eigenvalue weighted by Gasteiger charge is -2.34. The Balaban J connectivity index is 1.25. The summed E-state index contributed by atoms with van der Waals surface area (Å²) in [5.74, 6) is 0.531. The summed E-state index contributed by atoms with van der Waals surface area (Å²) >= 11 is 6.72. The van der Waals surface area contributed by atoms with Crippen LogP contribution in [0.1, 0.15) is 30.9 Å². The van der Waals surface area contributed by atoms with Crippen LogP contribution in [0, 0.1) is 6.92 Å². The van der Waals surface area contributed by atoms with E-state index in [4.69, 9.17) is 16.6 Å². The van der Waals surface area contributed by atoms with Crippen molar-refractivity contribution in [2.24, 2.45) is 0 Å². The summed E-state index contributed by atoms with van der Waals surface area (Å²) in [6, 6.07) is 6.31. The van der Waals surface area contributed by atoms with Gasteiger partial charge in [-0.2, -0.15) is 5.10 Å². The largest absolute Gasteiger partial charge is 0.351 e. The maximum Gasteiger partial charge on any atom is 0.223 e. The summed E-state index contributed by atoms with van der Waals surface area (Å²) in [6.07, 6.45) is 8.21. The van der Waals surface area contributed by atoms with Gasteiger partial charge in [0.05, 0.1) is 28.9 Å². The number of halogens is 1. The molecular weight excluding hydrogens is 536 g/mol. The van der Waals surface area contributed by atoms with Crippen molar-refractivity contribution in [1.82, 2.24) is 33.9 Å². The van der Waals surface area contributed by atoms with E-state index in [9.17, 15) is 8.42 Å². The lowest BCUT2D eigenvalue weighted by Crippen LogP contribution is -2.45. The molecule has 2 saturated heterocycles. The van der Waals surface area contributed by atoms with Crippen LogP contribution in [0.15, 0.2) is 36.8 Å². The van der Waals surface area contributed by atoms with Crippen molar-refractivity contribution in [2.45, 2.75) is 39.3 Å². The average molecular weight is 573 g/mol. The van der Waals surface area contributed by atoms with Gasteiger partial charge in [-0.25, -0.2) is 27.4 Å². The SMILES string of the molecule is CCN1CCN(Cc2ccc(-n3cc(-c4nc(NC5CCN(S(C)(=O)=O)CC5)ncc4C)cn3)c(Cl)c2)CC1. The van der Waals surface area contributed by atoms with Gasteiger partial charge in [-0.1, -0.05) is 24.6 Å². The fraction of sp³-hybridized carbons (Fsp3) is 0.519. The van der Waals surface area contributed by atoms with Gasteiger partial charge in [-0.3, -0.25) is 4.90 Å². The van der Waals surface area contributed by atoms with Crippen molar-refractivity contribution >= 4 is 27.6 Å². The van der Waals surface area contributed by atoms with E-state index in [2.05, 4.69) is 38.2 Å². The highest BCUT2D eigenvalue weighted by Gasteiger charge is 2.25. The predicted octanol–water partition coefficient (Wildman–Crippen LogP) is 3.26. The smallest absolute Gasteiger partial charge is 0.223 e. The molecule has 2 aliphatic rings. The summed E-state index contributed by atoms with van der Waals surface area (Å²) in [6.45, 7) is 11.6. The van der Waals surface area contributed by atoms with Gasteiger partial charge in [0.25, 0.3) is 0 Å². The van der Waals surface area contributed by atoms with Crippen molar-refractivity contribution in [1.29, 1.82) is 0 Å². The molecule has 210 valence electrons. The highest BCUT2D eigenvalue weighted by atomic mass is 35.5. The van der Waals surface area contributed by atoms with E-state index in [0.29, 0.717) is 36.9 Å². The molecule has 10 nitrogen and oxygen atoms in total. The molecule has 2 fully saturated rings. The quantitative estimate of drug-likeness (QED) is 0.439. The van der Waals surface area contributed by atoms with Crippen LogP contribution in [-0.4, -0.2) is 100 Å². The Morgan fingerprint density at radius 1 is 1.05 bits per heavy atom. The topological polar surface area (TPSA) is 99.5 Å². The van der Waals surface area contributed by atoms with Crippen LogP contribution in [-0.2, 0) is 16.6 Å². The first-order chi connectivity index (χ1) is 18.7. The van der Waals surface area contributed by atoms with Gasteiger partial charge in [-0.15, -0.1) is 0 Å². The molecule has 0 unspecified atom stereocenters. The average Bonchev–Trinajstić information content (AvgIpc) is 3.40. The maximum absolute atomic E-state index is 11.8. The molecule has 12 heteroatoms. The Hall–Kier alpha value is -2.57. The van der Waals surface area contributed by atoms with Crippen LogP contribution < -0.4 is 5.32 Å². The number of benzene rings is 1. The Morgan fingerprint density at radius 3 is 2.44 bits per heavy atom. The molecule has 0 amide bonds. The van der Waals surface area contributed by atoms with E-state index in [1.165, 1.54) is 16.1 Å². The lowest BCUT2D eigenvalue weighted by molar-refractivity contribution is 0.132. The second kappa shape index (κ2) is 11.9. The summed E-state index contributed by atoms with van der Waals surface area (Å²) in [5.41, 5.74) is 4.64. The molecule has 5 rings (SSSR count). The van der Waals surface area contributed by atoms with E-state index in [1.54, 1.807) is 17.1 Å². The predicted molar refractivity (Wildman–Crippen MR) is 155 cm³/mol. The van der Waals surface area contributed by atoms with Crippen LogP contribution in [0.25, 0.3) is 16.9 Å². The fourth-order valence-electron chi connectivity index (χ4n) is 5.25. The summed E-state index contributed by atoms with van der Waals surface area (Å²) < 4.78 is 26.9. The van der Waals surface area contributed by atoms with Gasteiger partial charge in [0, 0.05) is 69.8 Å². The van der Waals surface area contributed by atoms with E-state index < -0.39 is 10.0 Å². The number of hydrogen-bond acceptors (Lipinski definition) is 8. The lowest BCUT2D eigenvalue weighted by atomic mass is 10.1. The van der Waals surface area contributed by atoms with Crippen molar-refractivity contribution in [3.05, 3.63) is 52.9 Å². The van der Waals surface area contributed by atoms with Crippen LogP contribution in [0.2, 0.25) is 5.02 Å². The molecule has 0 saturated carbocycles. The summed E-state index contributed by atoms with van der Waals surface area (Å²) in [5, 5.41) is 8.63. The first kappa shape index (κ1) is 28.0. The van der Waals surface area contributed by atoms with Crippen molar-refractivity contribution in [2.75, 3.05) is 57.4 Å². The number of piperazine rings is 1. The van der Waals surface area contributed by atoms with E-state index >= 15 is 0 Å². The number of anilines is 1. The monoisotopic (exact) mass is 572 g/mol. The summed E-state index contributed by atoms with van der Waals surface area (Å²) in [4.78, 5) is 14.2. The van der Waals surface area contributed by atoms with Gasteiger partial charge in [0.1, 0.15) is 0 Å². The highest BCUT2D eigenvalue weighted by Crippen LogP contribution is 2.27. The van der Waals surface area contributed by atoms with E-state index in [1.807, 2.05) is 25.3 Å². The Labute approximate surface area is 236 Å². The molecule has 39 heavy (non-hydrogen) atoms.